The van der Waals surface area contributed by atoms with Crippen LogP contribution < -0.4 is 0 Å². The van der Waals surface area contributed by atoms with E-state index in [0.717, 1.165) is 6.42 Å². The fraction of sp³-hybridized carbons (Fsp3) is 0.786. The van der Waals surface area contributed by atoms with Crippen LogP contribution in [0.3, 0.4) is 0 Å². The molecule has 0 unspecified atom stereocenters. The molecule has 0 aromatic heterocycles. The number of rotatable bonds is 2. The first kappa shape index (κ1) is 12.8. The molecule has 19 heavy (non-hydrogen) atoms. The largest absolute Gasteiger partial charge is 0.450 e. The molecular formula is C14H18O5. The lowest BCUT2D eigenvalue weighted by Crippen LogP contribution is -2.42. The zero-order valence-electron chi connectivity index (χ0n) is 11.4. The van der Waals surface area contributed by atoms with Crippen molar-refractivity contribution >= 4 is 17.5 Å². The van der Waals surface area contributed by atoms with Crippen LogP contribution in [0.5, 0.6) is 0 Å². The maximum Gasteiger partial charge on any atom is 0.321 e. The summed E-state index contributed by atoms with van der Waals surface area (Å²) in [5.41, 5.74) is -1.77. The van der Waals surface area contributed by atoms with Gasteiger partial charge in [-0.3, -0.25) is 14.4 Å². The van der Waals surface area contributed by atoms with E-state index in [1.54, 1.807) is 13.8 Å². The molecule has 0 aromatic rings. The van der Waals surface area contributed by atoms with Crippen LogP contribution in [0.1, 0.15) is 33.6 Å². The van der Waals surface area contributed by atoms with Crippen molar-refractivity contribution in [1.82, 2.24) is 0 Å². The average molecular weight is 266 g/mol. The fourth-order valence-corrected chi connectivity index (χ4v) is 3.74. The van der Waals surface area contributed by atoms with E-state index in [1.807, 2.05) is 6.92 Å². The number of esters is 1. The Balaban J connectivity index is 1.80. The Labute approximate surface area is 111 Å². The molecule has 4 atom stereocenters. The molecule has 3 aliphatic rings. The van der Waals surface area contributed by atoms with Gasteiger partial charge >= 0.3 is 5.97 Å². The van der Waals surface area contributed by atoms with Crippen molar-refractivity contribution in [1.29, 1.82) is 0 Å². The quantitative estimate of drug-likeness (QED) is 0.548. The Bertz CT molecular complexity index is 480. The molecule has 0 amide bonds. The highest BCUT2D eigenvalue weighted by atomic mass is 16.6. The molecule has 3 fully saturated rings. The highest BCUT2D eigenvalue weighted by molar-refractivity contribution is 6.10. The summed E-state index contributed by atoms with van der Waals surface area (Å²) in [5.74, 6) is -0.636. The normalized spacial score (nSPS) is 43.2. The Morgan fingerprint density at radius 2 is 2.05 bits per heavy atom. The fourth-order valence-electron chi connectivity index (χ4n) is 3.74. The van der Waals surface area contributed by atoms with Crippen LogP contribution in [0.25, 0.3) is 0 Å². The molecule has 2 saturated carbocycles. The van der Waals surface area contributed by atoms with Crippen LogP contribution in [0.15, 0.2) is 0 Å². The van der Waals surface area contributed by atoms with Gasteiger partial charge in [-0.25, -0.2) is 0 Å². The molecular weight excluding hydrogens is 248 g/mol. The third-order valence-electron chi connectivity index (χ3n) is 5.01. The zero-order valence-corrected chi connectivity index (χ0v) is 11.4. The third-order valence-corrected chi connectivity index (χ3v) is 5.01. The Kier molecular flexibility index (Phi) is 2.46. The van der Waals surface area contributed by atoms with E-state index in [-0.39, 0.29) is 30.0 Å². The Hall–Kier alpha value is -1.23. The van der Waals surface area contributed by atoms with Gasteiger partial charge in [-0.1, -0.05) is 6.92 Å². The van der Waals surface area contributed by atoms with Crippen LogP contribution in [-0.4, -0.2) is 35.8 Å². The molecule has 0 bridgehead atoms. The van der Waals surface area contributed by atoms with E-state index in [9.17, 15) is 14.4 Å². The second kappa shape index (κ2) is 3.66. The molecule has 0 N–H and O–H groups in total. The molecule has 5 nitrogen and oxygen atoms in total. The molecule has 2 aliphatic carbocycles. The van der Waals surface area contributed by atoms with Gasteiger partial charge in [-0.05, 0) is 32.1 Å². The summed E-state index contributed by atoms with van der Waals surface area (Å²) in [7, 11) is 0. The van der Waals surface area contributed by atoms with E-state index < -0.39 is 23.1 Å². The zero-order chi connectivity index (χ0) is 14.0. The van der Waals surface area contributed by atoms with Gasteiger partial charge < -0.3 is 9.47 Å². The van der Waals surface area contributed by atoms with Gasteiger partial charge in [0.25, 0.3) is 0 Å². The number of carbonyl (C=O) groups excluding carboxylic acids is 3. The summed E-state index contributed by atoms with van der Waals surface area (Å²) < 4.78 is 10.7. The lowest BCUT2D eigenvalue weighted by molar-refractivity contribution is -0.168. The van der Waals surface area contributed by atoms with E-state index in [1.165, 1.54) is 0 Å². The van der Waals surface area contributed by atoms with Gasteiger partial charge in [0.05, 0.1) is 0 Å². The average Bonchev–Trinajstić information content (AvgIpc) is 2.62. The minimum Gasteiger partial charge on any atom is -0.450 e. The molecule has 0 aromatic carbocycles. The first-order valence-electron chi connectivity index (χ1n) is 6.73. The Morgan fingerprint density at radius 3 is 2.53 bits per heavy atom. The highest BCUT2D eigenvalue weighted by Crippen LogP contribution is 2.66. The summed E-state index contributed by atoms with van der Waals surface area (Å²) in [4.78, 5) is 36.1. The summed E-state index contributed by atoms with van der Waals surface area (Å²) in [6.45, 7) is 5.31. The van der Waals surface area contributed by atoms with E-state index in [0.29, 0.717) is 6.42 Å². The summed E-state index contributed by atoms with van der Waals surface area (Å²) in [6.07, 6.45) is 0.312. The number of fused-ring (bicyclic) bond motifs is 1. The van der Waals surface area contributed by atoms with Crippen molar-refractivity contribution in [3.8, 4) is 0 Å². The van der Waals surface area contributed by atoms with Crippen molar-refractivity contribution in [2.75, 3.05) is 6.61 Å². The van der Waals surface area contributed by atoms with Gasteiger partial charge in [-0.15, -0.1) is 0 Å². The van der Waals surface area contributed by atoms with Gasteiger partial charge in [-0.2, -0.15) is 0 Å². The molecule has 0 spiro atoms. The van der Waals surface area contributed by atoms with Gasteiger partial charge in [0.1, 0.15) is 17.6 Å². The number of hydrogen-bond acceptors (Lipinski definition) is 5. The predicted molar refractivity (Wildman–Crippen MR) is 64.2 cm³/mol. The molecule has 1 heterocycles. The van der Waals surface area contributed by atoms with Crippen LogP contribution in [0.4, 0.5) is 0 Å². The van der Waals surface area contributed by atoms with Crippen molar-refractivity contribution < 1.29 is 23.9 Å². The SMILES string of the molecule is C[C@H]1[C@@H]2CCC(=O)[C@]12C(=O)O[C@H]1C(=O)COC1(C)C. The maximum atomic E-state index is 12.4. The van der Waals surface area contributed by atoms with Gasteiger partial charge in [0.15, 0.2) is 11.9 Å². The minimum absolute atomic E-state index is 0.0285. The molecule has 1 aliphatic heterocycles. The summed E-state index contributed by atoms with van der Waals surface area (Å²) >= 11 is 0. The Morgan fingerprint density at radius 1 is 1.37 bits per heavy atom. The van der Waals surface area contributed by atoms with E-state index in [2.05, 4.69) is 0 Å². The third kappa shape index (κ3) is 1.48. The smallest absolute Gasteiger partial charge is 0.321 e. The van der Waals surface area contributed by atoms with Crippen molar-refractivity contribution in [3.05, 3.63) is 0 Å². The second-order valence-corrected chi connectivity index (χ2v) is 6.37. The number of ether oxygens (including phenoxy) is 2. The lowest BCUT2D eigenvalue weighted by atomic mass is 9.97. The van der Waals surface area contributed by atoms with Crippen molar-refractivity contribution in [3.63, 3.8) is 0 Å². The number of carbonyl (C=O) groups is 3. The predicted octanol–water partition coefficient (Wildman–Crippen LogP) is 0.891. The second-order valence-electron chi connectivity index (χ2n) is 6.37. The maximum absolute atomic E-state index is 12.4. The van der Waals surface area contributed by atoms with Gasteiger partial charge in [0, 0.05) is 6.42 Å². The standard InChI is InChI=1S/C14H18O5/c1-7-8-4-5-10(16)14(7,8)12(17)19-11-9(15)6-18-13(11,2)3/h7-8,11H,4-6H2,1-3H3/t7-,8-,11-,14-/m0/s1. The first-order valence-corrected chi connectivity index (χ1v) is 6.73. The molecule has 5 heteroatoms. The lowest BCUT2D eigenvalue weighted by Gasteiger charge is -2.25. The van der Waals surface area contributed by atoms with Crippen LogP contribution in [0, 0.1) is 17.3 Å². The highest BCUT2D eigenvalue weighted by Gasteiger charge is 2.75. The number of ketones is 2. The topological polar surface area (TPSA) is 69.7 Å². The van der Waals surface area contributed by atoms with Crippen LogP contribution >= 0.6 is 0 Å². The van der Waals surface area contributed by atoms with Crippen molar-refractivity contribution in [2.24, 2.45) is 17.3 Å². The minimum atomic E-state index is -0.959. The molecule has 0 radical (unpaired) electrons. The first-order chi connectivity index (χ1) is 8.81. The number of hydrogen-bond donors (Lipinski definition) is 0. The molecule has 1 saturated heterocycles. The summed E-state index contributed by atoms with van der Waals surface area (Å²) in [5, 5.41) is 0. The van der Waals surface area contributed by atoms with Crippen LogP contribution in [-0.2, 0) is 23.9 Å². The van der Waals surface area contributed by atoms with Crippen molar-refractivity contribution in [2.45, 2.75) is 45.3 Å². The molecule has 3 rings (SSSR count). The van der Waals surface area contributed by atoms with E-state index in [4.69, 9.17) is 9.47 Å². The number of Topliss-reactive ketones (excluding diaryl/α,β-unsaturated/α-hetero) is 2. The monoisotopic (exact) mass is 266 g/mol. The summed E-state index contributed by atoms with van der Waals surface area (Å²) in [6, 6.07) is 0. The van der Waals surface area contributed by atoms with E-state index >= 15 is 0 Å². The molecule has 104 valence electrons. The van der Waals surface area contributed by atoms with Crippen LogP contribution in [0.2, 0.25) is 0 Å². The van der Waals surface area contributed by atoms with Gasteiger partial charge in [0.2, 0.25) is 5.78 Å².